The Morgan fingerprint density at radius 3 is 2.56 bits per heavy atom. The molecule has 3 aliphatic rings. The van der Waals surface area contributed by atoms with E-state index in [4.69, 9.17) is 0 Å². The van der Waals surface area contributed by atoms with Gasteiger partial charge in [-0.15, -0.1) is 0 Å². The molecule has 3 rings (SSSR count). The van der Waals surface area contributed by atoms with E-state index in [1.807, 2.05) is 0 Å². The maximum atomic E-state index is 4.06. The van der Waals surface area contributed by atoms with E-state index in [2.05, 4.69) is 13.5 Å². The minimum atomic E-state index is 0.742. The molecule has 0 N–H and O–H groups in total. The van der Waals surface area contributed by atoms with Crippen molar-refractivity contribution in [2.45, 2.75) is 32.6 Å². The molecule has 0 heterocycles. The Balaban J connectivity index is 2.13. The first-order chi connectivity index (χ1) is 4.20. The molecule has 0 radical (unpaired) electrons. The van der Waals surface area contributed by atoms with Gasteiger partial charge in [0.05, 0.1) is 0 Å². The second-order valence-electron chi connectivity index (χ2n) is 4.07. The summed E-state index contributed by atoms with van der Waals surface area (Å²) in [6, 6.07) is 0. The first-order valence-electron chi connectivity index (χ1n) is 3.87. The molecule has 3 aliphatic carbocycles. The van der Waals surface area contributed by atoms with Crippen molar-refractivity contribution in [3.05, 3.63) is 12.2 Å². The van der Waals surface area contributed by atoms with Crippen LogP contribution in [0.25, 0.3) is 0 Å². The summed E-state index contributed by atoms with van der Waals surface area (Å²) in [6.45, 7) is 6.48. The van der Waals surface area contributed by atoms with Crippen LogP contribution in [0.15, 0.2) is 12.2 Å². The lowest BCUT2D eigenvalue weighted by Crippen LogP contribution is -2.39. The van der Waals surface area contributed by atoms with E-state index in [1.165, 1.54) is 31.3 Å². The minimum absolute atomic E-state index is 0.742. The smallest absolute Gasteiger partial charge is 0.0196 e. The third-order valence-electron chi connectivity index (χ3n) is 3.11. The Bertz CT molecular complexity index is 144. The molecule has 0 atom stereocenters. The van der Waals surface area contributed by atoms with Crippen LogP contribution < -0.4 is 0 Å². The topological polar surface area (TPSA) is 0 Å². The molecule has 9 heavy (non-hydrogen) atoms. The van der Waals surface area contributed by atoms with Crippen molar-refractivity contribution >= 4 is 0 Å². The van der Waals surface area contributed by atoms with Gasteiger partial charge in [0.25, 0.3) is 0 Å². The number of allylic oxidation sites excluding steroid dienone is 1. The Kier molecular flexibility index (Phi) is 0.870. The van der Waals surface area contributed by atoms with Crippen LogP contribution in [0.4, 0.5) is 0 Å². The monoisotopic (exact) mass is 122 g/mol. The van der Waals surface area contributed by atoms with Crippen LogP contribution in [0.5, 0.6) is 0 Å². The molecule has 0 aromatic carbocycles. The minimum Gasteiger partial charge on any atom is -0.0996 e. The maximum Gasteiger partial charge on any atom is -0.0196 e. The van der Waals surface area contributed by atoms with Crippen molar-refractivity contribution in [1.82, 2.24) is 0 Å². The highest BCUT2D eigenvalue weighted by Crippen LogP contribution is 2.56. The summed E-state index contributed by atoms with van der Waals surface area (Å²) < 4.78 is 0. The van der Waals surface area contributed by atoms with E-state index in [9.17, 15) is 0 Å². The van der Waals surface area contributed by atoms with E-state index < -0.39 is 0 Å². The van der Waals surface area contributed by atoms with Crippen LogP contribution in [0, 0.1) is 11.3 Å². The van der Waals surface area contributed by atoms with Gasteiger partial charge in [0.15, 0.2) is 0 Å². The normalized spacial score (nSPS) is 48.6. The third kappa shape index (κ3) is 0.654. The highest BCUT2D eigenvalue weighted by molar-refractivity contribution is 5.15. The van der Waals surface area contributed by atoms with E-state index in [0.29, 0.717) is 0 Å². The zero-order valence-corrected chi connectivity index (χ0v) is 6.11. The van der Waals surface area contributed by atoms with Gasteiger partial charge in [0.1, 0.15) is 0 Å². The van der Waals surface area contributed by atoms with Gasteiger partial charge in [-0.1, -0.05) is 19.1 Å². The summed E-state index contributed by atoms with van der Waals surface area (Å²) in [6.07, 6.45) is 5.58. The lowest BCUT2D eigenvalue weighted by atomic mass is 9.54. The van der Waals surface area contributed by atoms with Crippen molar-refractivity contribution in [2.75, 3.05) is 0 Å². The van der Waals surface area contributed by atoms with Crippen molar-refractivity contribution < 1.29 is 0 Å². The van der Waals surface area contributed by atoms with Crippen LogP contribution in [0.1, 0.15) is 32.6 Å². The molecule has 0 heteroatoms. The molecule has 50 valence electrons. The summed E-state index contributed by atoms with van der Waals surface area (Å²) >= 11 is 0. The number of hydrogen-bond donors (Lipinski definition) is 0. The van der Waals surface area contributed by atoms with Gasteiger partial charge in [-0.2, -0.15) is 0 Å². The summed E-state index contributed by atoms with van der Waals surface area (Å²) in [5.41, 5.74) is 2.27. The molecule has 0 unspecified atom stereocenters. The molecule has 3 saturated carbocycles. The highest BCUT2D eigenvalue weighted by atomic mass is 14.5. The summed E-state index contributed by atoms with van der Waals surface area (Å²) in [5.74, 6) is 0.920. The lowest BCUT2D eigenvalue weighted by molar-refractivity contribution is 0.0549. The highest BCUT2D eigenvalue weighted by Gasteiger charge is 2.44. The van der Waals surface area contributed by atoms with Crippen LogP contribution in [0.3, 0.4) is 0 Å². The van der Waals surface area contributed by atoms with Crippen LogP contribution >= 0.6 is 0 Å². The molecule has 2 bridgehead atoms. The quantitative estimate of drug-likeness (QED) is 0.433. The molecule has 0 amide bonds. The number of hydrogen-bond acceptors (Lipinski definition) is 0. The Hall–Kier alpha value is -0.260. The number of rotatable bonds is 0. The second kappa shape index (κ2) is 1.42. The summed E-state index contributed by atoms with van der Waals surface area (Å²) in [7, 11) is 0. The molecule has 0 aromatic heterocycles. The largest absolute Gasteiger partial charge is 0.0996 e. The fraction of sp³-hybridized carbons (Fsp3) is 0.778. The van der Waals surface area contributed by atoms with E-state index in [0.717, 1.165) is 11.3 Å². The van der Waals surface area contributed by atoms with E-state index >= 15 is 0 Å². The van der Waals surface area contributed by atoms with Gasteiger partial charge in [0, 0.05) is 0 Å². The lowest BCUT2D eigenvalue weighted by Gasteiger charge is -2.51. The van der Waals surface area contributed by atoms with Gasteiger partial charge in [-0.05, 0) is 37.0 Å². The molecule has 0 aromatic rings. The molecule has 0 spiro atoms. The molecule has 3 fully saturated rings. The molecule has 0 nitrogen and oxygen atoms in total. The zero-order chi connectivity index (χ0) is 6.48. The van der Waals surface area contributed by atoms with Gasteiger partial charge in [-0.3, -0.25) is 0 Å². The maximum absolute atomic E-state index is 4.06. The van der Waals surface area contributed by atoms with Gasteiger partial charge in [-0.25, -0.2) is 0 Å². The summed E-state index contributed by atoms with van der Waals surface area (Å²) in [5, 5.41) is 0. The Morgan fingerprint density at radius 2 is 2.22 bits per heavy atom. The SMILES string of the molecule is C=C1CCC2(C)CC1C2. The molecule has 0 saturated heterocycles. The zero-order valence-electron chi connectivity index (χ0n) is 6.11. The fourth-order valence-electron chi connectivity index (χ4n) is 2.29. The first kappa shape index (κ1) is 5.52. The standard InChI is InChI=1S/C9H14/c1-7-3-4-9(2)5-8(7)6-9/h8H,1,3-6H2,2H3. The predicted molar refractivity (Wildman–Crippen MR) is 39.2 cm³/mol. The van der Waals surface area contributed by atoms with Gasteiger partial charge >= 0.3 is 0 Å². The van der Waals surface area contributed by atoms with Crippen LogP contribution in [0.2, 0.25) is 0 Å². The van der Waals surface area contributed by atoms with Crippen LogP contribution in [-0.2, 0) is 0 Å². The van der Waals surface area contributed by atoms with E-state index in [-0.39, 0.29) is 0 Å². The molecular formula is C9H14. The molecule has 0 aliphatic heterocycles. The van der Waals surface area contributed by atoms with Gasteiger partial charge in [0.2, 0.25) is 0 Å². The van der Waals surface area contributed by atoms with Crippen molar-refractivity contribution in [3.8, 4) is 0 Å². The second-order valence-corrected chi connectivity index (χ2v) is 4.07. The first-order valence-corrected chi connectivity index (χ1v) is 3.87. The molecular weight excluding hydrogens is 108 g/mol. The van der Waals surface area contributed by atoms with Gasteiger partial charge < -0.3 is 0 Å². The third-order valence-corrected chi connectivity index (χ3v) is 3.11. The fourth-order valence-corrected chi connectivity index (χ4v) is 2.29. The average Bonchev–Trinajstić information content (AvgIpc) is 1.73. The number of fused-ring (bicyclic) bond motifs is 2. The van der Waals surface area contributed by atoms with Crippen LogP contribution in [-0.4, -0.2) is 0 Å². The predicted octanol–water partition coefficient (Wildman–Crippen LogP) is 2.75. The Morgan fingerprint density at radius 1 is 1.56 bits per heavy atom. The van der Waals surface area contributed by atoms with Crippen molar-refractivity contribution in [3.63, 3.8) is 0 Å². The van der Waals surface area contributed by atoms with Crippen molar-refractivity contribution in [2.24, 2.45) is 11.3 Å². The van der Waals surface area contributed by atoms with E-state index in [1.54, 1.807) is 0 Å². The average molecular weight is 122 g/mol. The summed E-state index contributed by atoms with van der Waals surface area (Å²) in [4.78, 5) is 0. The van der Waals surface area contributed by atoms with Crippen molar-refractivity contribution in [1.29, 1.82) is 0 Å². The Labute approximate surface area is 57.0 Å².